The Morgan fingerprint density at radius 2 is 1.91 bits per heavy atom. The van der Waals surface area contributed by atoms with Gasteiger partial charge in [0.1, 0.15) is 0 Å². The average molecular weight is 318 g/mol. The van der Waals surface area contributed by atoms with Crippen LogP contribution in [-0.4, -0.2) is 59.0 Å². The molecule has 1 aliphatic rings. The molecule has 0 bridgehead atoms. The monoisotopic (exact) mass is 318 g/mol. The maximum Gasteiger partial charge on any atom is 0.317 e. The lowest BCUT2D eigenvalue weighted by atomic mass is 10.00. The molecule has 23 heavy (non-hydrogen) atoms. The van der Waals surface area contributed by atoms with Crippen LogP contribution in [0.3, 0.4) is 0 Å². The Morgan fingerprint density at radius 1 is 1.26 bits per heavy atom. The summed E-state index contributed by atoms with van der Waals surface area (Å²) in [6, 6.07) is 6.16. The molecule has 0 saturated carbocycles. The standard InChI is InChI=1S/C18H26N2O3/c1-4-19(12-17(21)22)15-7-9-20(10-8-15)18(23)16-6-5-13(2)11-14(16)3/h5-6,11,15H,4,7-10,12H2,1-3H3,(H,21,22). The first-order valence-corrected chi connectivity index (χ1v) is 8.24. The van der Waals surface area contributed by atoms with Crippen molar-refractivity contribution in [3.8, 4) is 0 Å². The Morgan fingerprint density at radius 3 is 2.43 bits per heavy atom. The molecule has 1 heterocycles. The van der Waals surface area contributed by atoms with Crippen molar-refractivity contribution in [2.24, 2.45) is 0 Å². The van der Waals surface area contributed by atoms with E-state index in [9.17, 15) is 9.59 Å². The summed E-state index contributed by atoms with van der Waals surface area (Å²) in [4.78, 5) is 27.5. The van der Waals surface area contributed by atoms with E-state index in [2.05, 4.69) is 0 Å². The van der Waals surface area contributed by atoms with E-state index in [1.165, 1.54) is 0 Å². The summed E-state index contributed by atoms with van der Waals surface area (Å²) < 4.78 is 0. The molecule has 1 aromatic carbocycles. The van der Waals surface area contributed by atoms with Crippen LogP contribution in [0.2, 0.25) is 0 Å². The van der Waals surface area contributed by atoms with Crippen LogP contribution in [0.25, 0.3) is 0 Å². The predicted molar refractivity (Wildman–Crippen MR) is 89.7 cm³/mol. The Balaban J connectivity index is 1.98. The second-order valence-corrected chi connectivity index (χ2v) is 6.30. The Hall–Kier alpha value is -1.88. The van der Waals surface area contributed by atoms with E-state index in [1.807, 2.05) is 48.8 Å². The molecule has 126 valence electrons. The Kier molecular flexibility index (Phi) is 5.77. The molecule has 5 nitrogen and oxygen atoms in total. The van der Waals surface area contributed by atoms with Gasteiger partial charge in [0.25, 0.3) is 5.91 Å². The van der Waals surface area contributed by atoms with Crippen molar-refractivity contribution in [3.05, 3.63) is 34.9 Å². The third kappa shape index (κ3) is 4.32. The summed E-state index contributed by atoms with van der Waals surface area (Å²) in [6.45, 7) is 8.15. The van der Waals surface area contributed by atoms with Gasteiger partial charge in [-0.1, -0.05) is 24.6 Å². The lowest BCUT2D eigenvalue weighted by Crippen LogP contribution is -2.48. The fourth-order valence-corrected chi connectivity index (χ4v) is 3.33. The Bertz CT molecular complexity index is 578. The number of aliphatic carboxylic acids is 1. The second kappa shape index (κ2) is 7.59. The van der Waals surface area contributed by atoms with Crippen molar-refractivity contribution >= 4 is 11.9 Å². The first-order valence-electron chi connectivity index (χ1n) is 8.24. The van der Waals surface area contributed by atoms with Gasteiger partial charge in [-0.3, -0.25) is 14.5 Å². The van der Waals surface area contributed by atoms with Crippen LogP contribution in [0.1, 0.15) is 41.3 Å². The Labute approximate surface area is 137 Å². The van der Waals surface area contributed by atoms with Gasteiger partial charge in [-0.15, -0.1) is 0 Å². The number of hydrogen-bond donors (Lipinski definition) is 1. The summed E-state index contributed by atoms with van der Waals surface area (Å²) in [6.07, 6.45) is 1.66. The van der Waals surface area contributed by atoms with Crippen LogP contribution < -0.4 is 0 Å². The lowest BCUT2D eigenvalue weighted by molar-refractivity contribution is -0.139. The van der Waals surface area contributed by atoms with Crippen molar-refractivity contribution in [3.63, 3.8) is 0 Å². The number of piperidine rings is 1. The van der Waals surface area contributed by atoms with E-state index >= 15 is 0 Å². The number of rotatable bonds is 5. The van der Waals surface area contributed by atoms with Gasteiger partial charge in [-0.05, 0) is 44.9 Å². The lowest BCUT2D eigenvalue weighted by Gasteiger charge is -2.37. The number of aryl methyl sites for hydroxylation is 2. The normalized spacial score (nSPS) is 15.9. The van der Waals surface area contributed by atoms with Crippen molar-refractivity contribution < 1.29 is 14.7 Å². The highest BCUT2D eigenvalue weighted by molar-refractivity contribution is 5.95. The zero-order valence-electron chi connectivity index (χ0n) is 14.2. The first-order chi connectivity index (χ1) is 10.9. The molecule has 5 heteroatoms. The van der Waals surface area contributed by atoms with Gasteiger partial charge in [0.05, 0.1) is 6.54 Å². The largest absolute Gasteiger partial charge is 0.480 e. The molecular weight excluding hydrogens is 292 g/mol. The van der Waals surface area contributed by atoms with E-state index in [0.29, 0.717) is 13.1 Å². The highest BCUT2D eigenvalue weighted by Gasteiger charge is 2.28. The molecule has 1 N–H and O–H groups in total. The van der Waals surface area contributed by atoms with E-state index < -0.39 is 5.97 Å². The number of benzene rings is 1. The van der Waals surface area contributed by atoms with E-state index in [0.717, 1.165) is 36.1 Å². The molecule has 2 rings (SSSR count). The molecule has 1 fully saturated rings. The molecule has 0 unspecified atom stereocenters. The summed E-state index contributed by atoms with van der Waals surface area (Å²) >= 11 is 0. The third-order valence-electron chi connectivity index (χ3n) is 4.62. The highest BCUT2D eigenvalue weighted by Crippen LogP contribution is 2.20. The van der Waals surface area contributed by atoms with Crippen molar-refractivity contribution in [2.75, 3.05) is 26.2 Å². The van der Waals surface area contributed by atoms with Gasteiger partial charge in [0.15, 0.2) is 0 Å². The van der Waals surface area contributed by atoms with Crippen molar-refractivity contribution in [1.82, 2.24) is 9.80 Å². The maximum absolute atomic E-state index is 12.7. The van der Waals surface area contributed by atoms with Gasteiger partial charge in [0.2, 0.25) is 0 Å². The van der Waals surface area contributed by atoms with E-state index in [4.69, 9.17) is 5.11 Å². The minimum atomic E-state index is -0.791. The molecule has 0 aliphatic carbocycles. The number of likely N-dealkylation sites (N-methyl/N-ethyl adjacent to an activating group) is 1. The molecule has 1 aliphatic heterocycles. The smallest absolute Gasteiger partial charge is 0.317 e. The van der Waals surface area contributed by atoms with Gasteiger partial charge in [-0.25, -0.2) is 0 Å². The van der Waals surface area contributed by atoms with Crippen LogP contribution in [0, 0.1) is 13.8 Å². The van der Waals surface area contributed by atoms with Gasteiger partial charge < -0.3 is 10.0 Å². The zero-order chi connectivity index (χ0) is 17.0. The molecule has 1 amide bonds. The van der Waals surface area contributed by atoms with Gasteiger partial charge >= 0.3 is 5.97 Å². The summed E-state index contributed by atoms with van der Waals surface area (Å²) in [7, 11) is 0. The minimum absolute atomic E-state index is 0.0756. The molecule has 1 saturated heterocycles. The van der Waals surface area contributed by atoms with Crippen LogP contribution in [0.4, 0.5) is 0 Å². The van der Waals surface area contributed by atoms with Crippen molar-refractivity contribution in [2.45, 2.75) is 39.7 Å². The van der Waals surface area contributed by atoms with Crippen LogP contribution in [0.5, 0.6) is 0 Å². The predicted octanol–water partition coefficient (Wildman–Crippen LogP) is 2.31. The highest BCUT2D eigenvalue weighted by atomic mass is 16.4. The molecule has 0 atom stereocenters. The number of carbonyl (C=O) groups excluding carboxylic acids is 1. The first kappa shape index (κ1) is 17.5. The SMILES string of the molecule is CCN(CC(=O)O)C1CCN(C(=O)c2ccc(C)cc2C)CC1. The second-order valence-electron chi connectivity index (χ2n) is 6.30. The fourth-order valence-electron chi connectivity index (χ4n) is 3.33. The molecule has 0 aromatic heterocycles. The van der Waals surface area contributed by atoms with Crippen LogP contribution in [0.15, 0.2) is 18.2 Å². The topological polar surface area (TPSA) is 60.9 Å². The quantitative estimate of drug-likeness (QED) is 0.905. The van der Waals surface area contributed by atoms with E-state index in [1.54, 1.807) is 0 Å². The van der Waals surface area contributed by atoms with Gasteiger partial charge in [-0.2, -0.15) is 0 Å². The molecular formula is C18H26N2O3. The van der Waals surface area contributed by atoms with Crippen molar-refractivity contribution in [1.29, 1.82) is 0 Å². The number of hydrogen-bond acceptors (Lipinski definition) is 3. The number of nitrogens with zero attached hydrogens (tertiary/aromatic N) is 2. The molecule has 1 aromatic rings. The number of likely N-dealkylation sites (tertiary alicyclic amines) is 1. The third-order valence-corrected chi connectivity index (χ3v) is 4.62. The van der Waals surface area contributed by atoms with Gasteiger partial charge in [0, 0.05) is 24.7 Å². The van der Waals surface area contributed by atoms with Crippen LogP contribution in [-0.2, 0) is 4.79 Å². The fraction of sp³-hybridized carbons (Fsp3) is 0.556. The summed E-state index contributed by atoms with van der Waals surface area (Å²) in [5.41, 5.74) is 2.94. The number of carboxylic acids is 1. The van der Waals surface area contributed by atoms with Crippen LogP contribution >= 0.6 is 0 Å². The molecule has 0 radical (unpaired) electrons. The number of carboxylic acid groups (broad SMARTS) is 1. The minimum Gasteiger partial charge on any atom is -0.480 e. The number of carbonyl (C=O) groups is 2. The molecule has 0 spiro atoms. The average Bonchev–Trinajstić information content (AvgIpc) is 2.52. The van der Waals surface area contributed by atoms with E-state index in [-0.39, 0.29) is 18.5 Å². The summed E-state index contributed by atoms with van der Waals surface area (Å²) in [5, 5.41) is 8.98. The summed E-state index contributed by atoms with van der Waals surface area (Å²) in [5.74, 6) is -0.706. The zero-order valence-corrected chi connectivity index (χ0v) is 14.2. The maximum atomic E-state index is 12.7. The number of amides is 1.